The number of ether oxygens (including phenoxy) is 1. The second kappa shape index (κ2) is 7.67. The van der Waals surface area contributed by atoms with Gasteiger partial charge in [-0.2, -0.15) is 0 Å². The Balaban J connectivity index is 1.52. The molecule has 0 saturated carbocycles. The van der Waals surface area contributed by atoms with Crippen molar-refractivity contribution in [2.45, 2.75) is 0 Å². The van der Waals surface area contributed by atoms with E-state index in [2.05, 4.69) is 14.6 Å². The van der Waals surface area contributed by atoms with Crippen LogP contribution in [0.4, 0.5) is 10.8 Å². The standard InChI is InChI=1S/C19H19N3O3S2/c23-27(24,13-8-15-4-2-1-3-5-15)21-16-6-7-17-18(14-16)26-19(20-17)22-9-11-25-12-10-22/h1-8,13-14,21H,9-12H2/b13-8+. The monoisotopic (exact) mass is 401 g/mol. The zero-order valence-corrected chi connectivity index (χ0v) is 16.2. The van der Waals surface area contributed by atoms with E-state index in [0.717, 1.165) is 34.0 Å². The smallest absolute Gasteiger partial charge is 0.255 e. The molecule has 1 aliphatic rings. The summed E-state index contributed by atoms with van der Waals surface area (Å²) in [6, 6.07) is 14.7. The molecule has 0 radical (unpaired) electrons. The van der Waals surface area contributed by atoms with Gasteiger partial charge in [-0.15, -0.1) is 0 Å². The van der Waals surface area contributed by atoms with E-state index in [4.69, 9.17) is 4.74 Å². The third kappa shape index (κ3) is 4.47. The van der Waals surface area contributed by atoms with Crippen molar-refractivity contribution in [3.05, 3.63) is 59.5 Å². The van der Waals surface area contributed by atoms with Gasteiger partial charge >= 0.3 is 0 Å². The molecule has 0 unspecified atom stereocenters. The molecule has 4 rings (SSSR count). The first-order valence-corrected chi connectivity index (χ1v) is 10.9. The van der Waals surface area contributed by atoms with Gasteiger partial charge in [0.1, 0.15) is 0 Å². The average Bonchev–Trinajstić information content (AvgIpc) is 3.11. The number of benzene rings is 2. The fourth-order valence-corrected chi connectivity index (χ4v) is 4.71. The minimum Gasteiger partial charge on any atom is -0.378 e. The highest BCUT2D eigenvalue weighted by Crippen LogP contribution is 2.31. The minimum atomic E-state index is -3.59. The van der Waals surface area contributed by atoms with Gasteiger partial charge in [0, 0.05) is 13.1 Å². The summed E-state index contributed by atoms with van der Waals surface area (Å²) in [7, 11) is -3.59. The molecule has 8 heteroatoms. The molecule has 1 N–H and O–H groups in total. The number of hydrogen-bond acceptors (Lipinski definition) is 6. The molecule has 6 nitrogen and oxygen atoms in total. The van der Waals surface area contributed by atoms with Crippen LogP contribution < -0.4 is 9.62 Å². The average molecular weight is 402 g/mol. The van der Waals surface area contributed by atoms with Gasteiger partial charge in [-0.3, -0.25) is 4.72 Å². The number of rotatable bonds is 5. The predicted octanol–water partition coefficient (Wildman–Crippen LogP) is 3.55. The van der Waals surface area contributed by atoms with Crippen molar-refractivity contribution in [3.63, 3.8) is 0 Å². The molecule has 1 aromatic heterocycles. The molecule has 2 aromatic carbocycles. The first-order chi connectivity index (χ1) is 13.1. The van der Waals surface area contributed by atoms with Gasteiger partial charge in [0.2, 0.25) is 0 Å². The molecule has 1 fully saturated rings. The Bertz CT molecular complexity index is 1060. The number of thiazole rings is 1. The third-order valence-corrected chi connectivity index (χ3v) is 6.25. The van der Waals surface area contributed by atoms with Crippen LogP contribution in [0.3, 0.4) is 0 Å². The van der Waals surface area contributed by atoms with E-state index in [1.54, 1.807) is 23.5 Å². The first kappa shape index (κ1) is 18.0. The number of fused-ring (bicyclic) bond motifs is 1. The maximum absolute atomic E-state index is 12.3. The lowest BCUT2D eigenvalue weighted by atomic mass is 10.2. The fraction of sp³-hybridized carbons (Fsp3) is 0.211. The number of nitrogens with zero attached hydrogens (tertiary/aromatic N) is 2. The molecule has 0 bridgehead atoms. The number of hydrogen-bond donors (Lipinski definition) is 1. The molecule has 2 heterocycles. The minimum absolute atomic E-state index is 0.525. The van der Waals surface area contributed by atoms with Gasteiger partial charge in [-0.1, -0.05) is 41.7 Å². The molecular formula is C19H19N3O3S2. The third-order valence-electron chi connectivity index (χ3n) is 4.16. The summed E-state index contributed by atoms with van der Waals surface area (Å²) in [5.74, 6) is 0. The lowest BCUT2D eigenvalue weighted by molar-refractivity contribution is 0.122. The van der Waals surface area contributed by atoms with Crippen molar-refractivity contribution in [2.24, 2.45) is 0 Å². The van der Waals surface area contributed by atoms with Gasteiger partial charge in [0.05, 0.1) is 34.5 Å². The Kier molecular flexibility index (Phi) is 5.11. The fourth-order valence-electron chi connectivity index (χ4n) is 2.80. The normalized spacial score (nSPS) is 15.5. The van der Waals surface area contributed by atoms with Crippen molar-refractivity contribution in [2.75, 3.05) is 35.9 Å². The van der Waals surface area contributed by atoms with E-state index in [9.17, 15) is 8.42 Å². The lowest BCUT2D eigenvalue weighted by Gasteiger charge is -2.25. The lowest BCUT2D eigenvalue weighted by Crippen LogP contribution is -2.36. The summed E-state index contributed by atoms with van der Waals surface area (Å²) in [6.45, 7) is 3.05. The van der Waals surface area contributed by atoms with Gasteiger partial charge in [0.25, 0.3) is 10.0 Å². The van der Waals surface area contributed by atoms with Crippen molar-refractivity contribution in [3.8, 4) is 0 Å². The second-order valence-electron chi connectivity index (χ2n) is 6.14. The van der Waals surface area contributed by atoms with E-state index in [-0.39, 0.29) is 0 Å². The predicted molar refractivity (Wildman–Crippen MR) is 111 cm³/mol. The van der Waals surface area contributed by atoms with Crippen molar-refractivity contribution in [1.29, 1.82) is 0 Å². The highest BCUT2D eigenvalue weighted by atomic mass is 32.2. The molecule has 0 aliphatic carbocycles. The SMILES string of the molecule is O=S(=O)(/C=C/c1ccccc1)Nc1ccc2nc(N3CCOCC3)sc2c1. The van der Waals surface area contributed by atoms with E-state index in [1.807, 2.05) is 42.5 Å². The van der Waals surface area contributed by atoms with Gasteiger partial charge in [-0.05, 0) is 29.8 Å². The van der Waals surface area contributed by atoms with E-state index < -0.39 is 10.0 Å². The molecular weight excluding hydrogens is 382 g/mol. The van der Waals surface area contributed by atoms with E-state index in [1.165, 1.54) is 5.41 Å². The van der Waals surface area contributed by atoms with Crippen LogP contribution in [0.25, 0.3) is 16.3 Å². The summed E-state index contributed by atoms with van der Waals surface area (Å²) in [5, 5.41) is 2.12. The summed E-state index contributed by atoms with van der Waals surface area (Å²) in [6.07, 6.45) is 1.57. The van der Waals surface area contributed by atoms with Crippen molar-refractivity contribution < 1.29 is 13.2 Å². The van der Waals surface area contributed by atoms with Gasteiger partial charge in [-0.25, -0.2) is 13.4 Å². The van der Waals surface area contributed by atoms with E-state index in [0.29, 0.717) is 18.9 Å². The first-order valence-electron chi connectivity index (χ1n) is 8.58. The Labute approximate surface area is 162 Å². The largest absolute Gasteiger partial charge is 0.378 e. The van der Waals surface area contributed by atoms with Crippen LogP contribution in [0.5, 0.6) is 0 Å². The van der Waals surface area contributed by atoms with Crippen LogP contribution in [0.1, 0.15) is 5.56 Å². The van der Waals surface area contributed by atoms with Crippen LogP contribution >= 0.6 is 11.3 Å². The highest BCUT2D eigenvalue weighted by Gasteiger charge is 2.16. The molecule has 1 aliphatic heterocycles. The maximum Gasteiger partial charge on any atom is 0.255 e. The van der Waals surface area contributed by atoms with Crippen LogP contribution in [0.15, 0.2) is 53.9 Å². The Morgan fingerprint density at radius 1 is 1.11 bits per heavy atom. The molecule has 3 aromatic rings. The van der Waals surface area contributed by atoms with Crippen molar-refractivity contribution in [1.82, 2.24) is 4.98 Å². The Morgan fingerprint density at radius 2 is 1.89 bits per heavy atom. The molecule has 1 saturated heterocycles. The quantitative estimate of drug-likeness (QED) is 0.708. The topological polar surface area (TPSA) is 71.5 Å². The maximum atomic E-state index is 12.3. The van der Waals surface area contributed by atoms with Crippen LogP contribution in [0.2, 0.25) is 0 Å². The Morgan fingerprint density at radius 3 is 2.67 bits per heavy atom. The Hall–Kier alpha value is -2.42. The summed E-state index contributed by atoms with van der Waals surface area (Å²) in [5.41, 5.74) is 2.22. The molecule has 0 amide bonds. The molecule has 27 heavy (non-hydrogen) atoms. The summed E-state index contributed by atoms with van der Waals surface area (Å²) in [4.78, 5) is 6.84. The van der Waals surface area contributed by atoms with Crippen molar-refractivity contribution >= 4 is 48.5 Å². The van der Waals surface area contributed by atoms with Gasteiger partial charge in [0.15, 0.2) is 5.13 Å². The molecule has 140 valence electrons. The highest BCUT2D eigenvalue weighted by molar-refractivity contribution is 7.95. The molecule has 0 atom stereocenters. The number of anilines is 2. The number of aromatic nitrogens is 1. The van der Waals surface area contributed by atoms with Gasteiger partial charge < -0.3 is 9.64 Å². The number of morpholine rings is 1. The number of nitrogens with one attached hydrogen (secondary N) is 1. The summed E-state index contributed by atoms with van der Waals surface area (Å²) < 4.78 is 33.6. The second-order valence-corrected chi connectivity index (χ2v) is 8.71. The van der Waals surface area contributed by atoms with Crippen LogP contribution in [-0.2, 0) is 14.8 Å². The number of sulfonamides is 1. The summed E-state index contributed by atoms with van der Waals surface area (Å²) >= 11 is 1.56. The zero-order chi connectivity index (χ0) is 18.7. The zero-order valence-electron chi connectivity index (χ0n) is 14.5. The van der Waals surface area contributed by atoms with Crippen LogP contribution in [0, 0.1) is 0 Å². The van der Waals surface area contributed by atoms with E-state index >= 15 is 0 Å². The van der Waals surface area contributed by atoms with Crippen LogP contribution in [-0.4, -0.2) is 39.7 Å². The molecule has 0 spiro atoms.